The normalized spacial score (nSPS) is 22.1. The third kappa shape index (κ3) is 2.09. The van der Waals surface area contributed by atoms with E-state index in [1.165, 1.54) is 43.7 Å². The van der Waals surface area contributed by atoms with E-state index >= 15 is 0 Å². The van der Waals surface area contributed by atoms with Gasteiger partial charge in [0.2, 0.25) is 0 Å². The van der Waals surface area contributed by atoms with Crippen LogP contribution in [0.1, 0.15) is 34.8 Å². The Labute approximate surface area is 104 Å². The average molecular weight is 252 g/mol. The zero-order chi connectivity index (χ0) is 11.9. The fraction of sp³-hybridized carbons (Fsp3) is 0.667. The molecular formula is C12H16N2O2S. The van der Waals surface area contributed by atoms with Gasteiger partial charge in [-0.05, 0) is 18.3 Å². The van der Waals surface area contributed by atoms with Crippen molar-refractivity contribution < 1.29 is 9.90 Å². The second kappa shape index (κ2) is 4.07. The van der Waals surface area contributed by atoms with Crippen molar-refractivity contribution in [3.8, 4) is 0 Å². The summed E-state index contributed by atoms with van der Waals surface area (Å²) >= 11 is 1.46. The molecule has 1 N–H and O–H groups in total. The summed E-state index contributed by atoms with van der Waals surface area (Å²) in [5, 5.41) is 11.3. The molecule has 3 rings (SSSR count). The topological polar surface area (TPSA) is 53.4 Å². The van der Waals surface area contributed by atoms with E-state index in [0.717, 1.165) is 18.0 Å². The second-order valence-electron chi connectivity index (χ2n) is 5.25. The Balaban J connectivity index is 1.46. The van der Waals surface area contributed by atoms with Crippen LogP contribution in [0, 0.1) is 5.41 Å². The van der Waals surface area contributed by atoms with E-state index in [0.29, 0.717) is 5.41 Å². The van der Waals surface area contributed by atoms with Crippen molar-refractivity contribution in [3.05, 3.63) is 16.1 Å². The first kappa shape index (κ1) is 11.2. The molecule has 2 fully saturated rings. The molecule has 1 aromatic rings. The molecule has 17 heavy (non-hydrogen) atoms. The van der Waals surface area contributed by atoms with Gasteiger partial charge >= 0.3 is 5.97 Å². The summed E-state index contributed by atoms with van der Waals surface area (Å²) in [7, 11) is 0. The lowest BCUT2D eigenvalue weighted by molar-refractivity contribution is -0.0587. The van der Waals surface area contributed by atoms with Crippen LogP contribution in [0.3, 0.4) is 0 Å². The summed E-state index contributed by atoms with van der Waals surface area (Å²) in [6, 6.07) is 0. The molecule has 0 amide bonds. The molecule has 0 aromatic carbocycles. The molecule has 1 aromatic heterocycles. The monoisotopic (exact) mass is 252 g/mol. The molecule has 2 heterocycles. The first-order valence-corrected chi connectivity index (χ1v) is 6.95. The highest BCUT2D eigenvalue weighted by Crippen LogP contribution is 2.47. The third-order valence-corrected chi connectivity index (χ3v) is 4.85. The number of carboxylic acid groups (broad SMARTS) is 1. The van der Waals surface area contributed by atoms with Gasteiger partial charge in [-0.15, -0.1) is 11.3 Å². The molecular weight excluding hydrogens is 236 g/mol. The highest BCUT2D eigenvalue weighted by Gasteiger charge is 2.46. The van der Waals surface area contributed by atoms with Gasteiger partial charge in [0.25, 0.3) is 0 Å². The first-order chi connectivity index (χ1) is 8.17. The van der Waals surface area contributed by atoms with E-state index in [-0.39, 0.29) is 5.69 Å². The van der Waals surface area contributed by atoms with Crippen LogP contribution in [0.15, 0.2) is 5.38 Å². The number of likely N-dealkylation sites (tertiary alicyclic amines) is 1. The quantitative estimate of drug-likeness (QED) is 0.889. The van der Waals surface area contributed by atoms with E-state index in [4.69, 9.17) is 5.11 Å². The number of nitrogens with zero attached hydrogens (tertiary/aromatic N) is 2. The summed E-state index contributed by atoms with van der Waals surface area (Å²) in [4.78, 5) is 17.2. The van der Waals surface area contributed by atoms with Crippen LogP contribution in [-0.4, -0.2) is 40.6 Å². The molecule has 1 spiro atoms. The van der Waals surface area contributed by atoms with Gasteiger partial charge in [-0.25, -0.2) is 9.78 Å². The summed E-state index contributed by atoms with van der Waals surface area (Å²) < 4.78 is 0. The van der Waals surface area contributed by atoms with Gasteiger partial charge in [-0.3, -0.25) is 0 Å². The molecule has 0 unspecified atom stereocenters. The molecule has 0 bridgehead atoms. The van der Waals surface area contributed by atoms with Gasteiger partial charge in [0.1, 0.15) is 0 Å². The minimum absolute atomic E-state index is 0.184. The fourth-order valence-corrected chi connectivity index (χ4v) is 3.59. The zero-order valence-corrected chi connectivity index (χ0v) is 10.5. The molecule has 4 nitrogen and oxygen atoms in total. The molecule has 0 atom stereocenters. The van der Waals surface area contributed by atoms with Gasteiger partial charge in [0.15, 0.2) is 5.69 Å². The van der Waals surface area contributed by atoms with Crippen molar-refractivity contribution in [1.82, 2.24) is 9.88 Å². The minimum Gasteiger partial charge on any atom is -0.476 e. The maximum atomic E-state index is 10.7. The van der Waals surface area contributed by atoms with Crippen molar-refractivity contribution in [3.63, 3.8) is 0 Å². The molecule has 1 aliphatic carbocycles. The predicted molar refractivity (Wildman–Crippen MR) is 65.5 cm³/mol. The smallest absolute Gasteiger partial charge is 0.355 e. The molecule has 1 saturated heterocycles. The number of hydrogen-bond donors (Lipinski definition) is 1. The van der Waals surface area contributed by atoms with Gasteiger partial charge < -0.3 is 10.0 Å². The predicted octanol–water partition coefficient (Wildman–Crippen LogP) is 1.87. The first-order valence-electron chi connectivity index (χ1n) is 6.07. The molecule has 2 aliphatic rings. The van der Waals surface area contributed by atoms with Gasteiger partial charge in [0.05, 0.1) is 5.01 Å². The number of aromatic nitrogens is 1. The average Bonchev–Trinajstić information content (AvgIpc) is 2.61. The van der Waals surface area contributed by atoms with Gasteiger partial charge in [-0.1, -0.05) is 6.42 Å². The lowest BCUT2D eigenvalue weighted by Crippen LogP contribution is -2.59. The number of hydrogen-bond acceptors (Lipinski definition) is 4. The standard InChI is InChI=1S/C12H16N2O2S/c15-11(16)9-6-17-10(13-9)2-5-14-7-12(8-14)3-1-4-12/h6H,1-5,7-8H2,(H,15,16). The Kier molecular flexibility index (Phi) is 2.67. The van der Waals surface area contributed by atoms with Crippen molar-refractivity contribution in [2.24, 2.45) is 5.41 Å². The molecule has 1 saturated carbocycles. The Hall–Kier alpha value is -0.940. The summed E-state index contributed by atoms with van der Waals surface area (Å²) in [6.07, 6.45) is 5.10. The van der Waals surface area contributed by atoms with E-state index in [2.05, 4.69) is 9.88 Å². The van der Waals surface area contributed by atoms with E-state index in [1.807, 2.05) is 0 Å². The molecule has 0 radical (unpaired) electrons. The maximum absolute atomic E-state index is 10.7. The zero-order valence-electron chi connectivity index (χ0n) is 9.69. The largest absolute Gasteiger partial charge is 0.476 e. The van der Waals surface area contributed by atoms with E-state index in [9.17, 15) is 4.79 Å². The summed E-state index contributed by atoms with van der Waals surface area (Å²) in [6.45, 7) is 3.50. The van der Waals surface area contributed by atoms with Crippen LogP contribution in [0.5, 0.6) is 0 Å². The van der Waals surface area contributed by atoms with Crippen molar-refractivity contribution in [2.45, 2.75) is 25.7 Å². The van der Waals surface area contributed by atoms with E-state index in [1.54, 1.807) is 5.38 Å². The van der Waals surface area contributed by atoms with Crippen LogP contribution in [0.25, 0.3) is 0 Å². The van der Waals surface area contributed by atoms with Crippen LogP contribution in [0.2, 0.25) is 0 Å². The Bertz CT molecular complexity index is 431. The molecule has 1 aliphatic heterocycles. The van der Waals surface area contributed by atoms with Crippen LogP contribution in [-0.2, 0) is 6.42 Å². The number of aromatic carboxylic acids is 1. The van der Waals surface area contributed by atoms with Crippen LogP contribution in [0.4, 0.5) is 0 Å². The lowest BCUT2D eigenvalue weighted by atomic mass is 9.63. The minimum atomic E-state index is -0.926. The van der Waals surface area contributed by atoms with Crippen LogP contribution < -0.4 is 0 Å². The SMILES string of the molecule is O=C(O)c1csc(CCN2CC3(CCC3)C2)n1. The van der Waals surface area contributed by atoms with Gasteiger partial charge in [0, 0.05) is 31.4 Å². The number of thiazole rings is 1. The molecule has 5 heteroatoms. The Morgan fingerprint density at radius 2 is 2.29 bits per heavy atom. The number of rotatable bonds is 4. The molecule has 92 valence electrons. The summed E-state index contributed by atoms with van der Waals surface area (Å²) in [5.41, 5.74) is 0.860. The van der Waals surface area contributed by atoms with Crippen LogP contribution >= 0.6 is 11.3 Å². The van der Waals surface area contributed by atoms with Crippen molar-refractivity contribution in [2.75, 3.05) is 19.6 Å². The van der Waals surface area contributed by atoms with Crippen molar-refractivity contribution >= 4 is 17.3 Å². The fourth-order valence-electron chi connectivity index (χ4n) is 2.83. The third-order valence-electron chi connectivity index (χ3n) is 3.95. The lowest BCUT2D eigenvalue weighted by Gasteiger charge is -2.56. The highest BCUT2D eigenvalue weighted by atomic mass is 32.1. The van der Waals surface area contributed by atoms with E-state index < -0.39 is 5.97 Å². The van der Waals surface area contributed by atoms with Crippen molar-refractivity contribution in [1.29, 1.82) is 0 Å². The Morgan fingerprint density at radius 3 is 2.82 bits per heavy atom. The number of carboxylic acids is 1. The maximum Gasteiger partial charge on any atom is 0.355 e. The second-order valence-corrected chi connectivity index (χ2v) is 6.19. The highest BCUT2D eigenvalue weighted by molar-refractivity contribution is 7.09. The summed E-state index contributed by atoms with van der Waals surface area (Å²) in [5.74, 6) is -0.926. The van der Waals surface area contributed by atoms with Gasteiger partial charge in [-0.2, -0.15) is 0 Å². The Morgan fingerprint density at radius 1 is 1.53 bits per heavy atom. The number of carbonyl (C=O) groups is 1.